The molecule has 6 nitrogen and oxygen atoms in total. The number of rotatable bonds is 5. The van der Waals surface area contributed by atoms with Crippen LogP contribution >= 0.6 is 0 Å². The molecule has 4 aromatic heterocycles. The molecule has 27 heavy (non-hydrogen) atoms. The quantitative estimate of drug-likeness (QED) is 0.582. The topological polar surface area (TPSA) is 76.5 Å². The Labute approximate surface area is 157 Å². The molecular formula is C21H20N6. The van der Waals surface area contributed by atoms with E-state index in [1.165, 1.54) is 0 Å². The molecule has 6 heteroatoms. The average molecular weight is 356 g/mol. The van der Waals surface area contributed by atoms with Crippen LogP contribution in [0.5, 0.6) is 0 Å². The number of aryl methyl sites for hydroxylation is 1. The van der Waals surface area contributed by atoms with E-state index in [2.05, 4.69) is 37.2 Å². The molecule has 1 unspecified atom stereocenters. The molecule has 4 aromatic rings. The van der Waals surface area contributed by atoms with Crippen molar-refractivity contribution in [2.24, 2.45) is 0 Å². The Kier molecular flexibility index (Phi) is 4.70. The third-order valence-corrected chi connectivity index (χ3v) is 4.53. The van der Waals surface area contributed by atoms with Crippen molar-refractivity contribution in [2.75, 3.05) is 11.9 Å². The molecule has 1 N–H and O–H groups in total. The van der Waals surface area contributed by atoms with Gasteiger partial charge in [-0.3, -0.25) is 15.0 Å². The number of aromatic nitrogens is 5. The van der Waals surface area contributed by atoms with E-state index in [9.17, 15) is 0 Å². The summed E-state index contributed by atoms with van der Waals surface area (Å²) in [5.41, 5.74) is 4.92. The van der Waals surface area contributed by atoms with E-state index in [0.717, 1.165) is 45.8 Å². The number of hydrogen-bond donors (Lipinski definition) is 1. The lowest BCUT2D eigenvalue weighted by molar-refractivity contribution is 0.801. The Morgan fingerprint density at radius 3 is 2.78 bits per heavy atom. The smallest absolute Gasteiger partial charge is 0.129 e. The first-order valence-electron chi connectivity index (χ1n) is 8.88. The van der Waals surface area contributed by atoms with Crippen molar-refractivity contribution < 1.29 is 0 Å². The third-order valence-electron chi connectivity index (χ3n) is 4.53. The van der Waals surface area contributed by atoms with Crippen LogP contribution in [0.1, 0.15) is 24.1 Å². The van der Waals surface area contributed by atoms with Gasteiger partial charge >= 0.3 is 0 Å². The molecule has 134 valence electrons. The summed E-state index contributed by atoms with van der Waals surface area (Å²) < 4.78 is 0. The van der Waals surface area contributed by atoms with Crippen LogP contribution in [-0.2, 0) is 0 Å². The van der Waals surface area contributed by atoms with Crippen molar-refractivity contribution in [1.82, 2.24) is 24.9 Å². The van der Waals surface area contributed by atoms with Gasteiger partial charge in [0.25, 0.3) is 0 Å². The maximum absolute atomic E-state index is 4.52. The zero-order chi connectivity index (χ0) is 18.6. The number of hydrogen-bond acceptors (Lipinski definition) is 6. The lowest BCUT2D eigenvalue weighted by Gasteiger charge is -2.15. The highest BCUT2D eigenvalue weighted by Gasteiger charge is 2.11. The molecule has 4 heterocycles. The second-order valence-electron chi connectivity index (χ2n) is 6.56. The van der Waals surface area contributed by atoms with Gasteiger partial charge in [-0.1, -0.05) is 6.92 Å². The second-order valence-corrected chi connectivity index (χ2v) is 6.56. The fraction of sp³-hybridized carbons (Fsp3) is 0.190. The van der Waals surface area contributed by atoms with Crippen molar-refractivity contribution >= 4 is 16.7 Å². The largest absolute Gasteiger partial charge is 0.369 e. The van der Waals surface area contributed by atoms with Crippen molar-refractivity contribution in [1.29, 1.82) is 0 Å². The van der Waals surface area contributed by atoms with Crippen LogP contribution in [0.2, 0.25) is 0 Å². The predicted molar refractivity (Wildman–Crippen MR) is 106 cm³/mol. The van der Waals surface area contributed by atoms with Crippen LogP contribution in [0.4, 0.5) is 5.82 Å². The summed E-state index contributed by atoms with van der Waals surface area (Å²) in [5.74, 6) is 1.02. The number of nitrogens with one attached hydrogen (secondary N) is 1. The highest BCUT2D eigenvalue weighted by molar-refractivity contribution is 5.80. The van der Waals surface area contributed by atoms with Gasteiger partial charge in [-0.15, -0.1) is 0 Å². The maximum atomic E-state index is 4.52. The normalized spacial score (nSPS) is 12.1. The van der Waals surface area contributed by atoms with Gasteiger partial charge in [0, 0.05) is 65.5 Å². The summed E-state index contributed by atoms with van der Waals surface area (Å²) in [6.45, 7) is 4.85. The van der Waals surface area contributed by atoms with Gasteiger partial charge in [-0.25, -0.2) is 9.97 Å². The SMILES string of the molecule is Cc1ccc(-c2cc(NCC(C)c3cncc4cccnc34)ncn2)cn1. The minimum absolute atomic E-state index is 0.232. The van der Waals surface area contributed by atoms with Crippen LogP contribution < -0.4 is 5.32 Å². The molecular weight excluding hydrogens is 336 g/mol. The molecule has 0 saturated carbocycles. The van der Waals surface area contributed by atoms with E-state index in [0.29, 0.717) is 0 Å². The molecule has 0 spiro atoms. The molecule has 0 saturated heterocycles. The lowest BCUT2D eigenvalue weighted by Crippen LogP contribution is -2.12. The second kappa shape index (κ2) is 7.45. The first-order valence-corrected chi connectivity index (χ1v) is 8.88. The van der Waals surface area contributed by atoms with Crippen LogP contribution in [0.15, 0.2) is 61.4 Å². The van der Waals surface area contributed by atoms with E-state index < -0.39 is 0 Å². The van der Waals surface area contributed by atoms with Gasteiger partial charge in [-0.05, 0) is 31.2 Å². The van der Waals surface area contributed by atoms with E-state index in [1.807, 2.05) is 62.0 Å². The van der Waals surface area contributed by atoms with Crippen molar-refractivity contribution in [2.45, 2.75) is 19.8 Å². The van der Waals surface area contributed by atoms with E-state index in [-0.39, 0.29) is 5.92 Å². The molecule has 0 fully saturated rings. The van der Waals surface area contributed by atoms with Gasteiger partial charge in [0.15, 0.2) is 0 Å². The van der Waals surface area contributed by atoms with Gasteiger partial charge in [-0.2, -0.15) is 0 Å². The Balaban J connectivity index is 1.51. The van der Waals surface area contributed by atoms with Gasteiger partial charge in [0.1, 0.15) is 12.1 Å². The highest BCUT2D eigenvalue weighted by atomic mass is 15.0. The zero-order valence-corrected chi connectivity index (χ0v) is 15.3. The first kappa shape index (κ1) is 17.0. The first-order chi connectivity index (χ1) is 13.2. The molecule has 0 aliphatic heterocycles. The van der Waals surface area contributed by atoms with Crippen molar-refractivity contribution in [3.63, 3.8) is 0 Å². The monoisotopic (exact) mass is 356 g/mol. The molecule has 0 amide bonds. The number of nitrogens with zero attached hydrogens (tertiary/aromatic N) is 5. The molecule has 0 aliphatic rings. The van der Waals surface area contributed by atoms with Crippen LogP contribution in [0, 0.1) is 6.92 Å². The fourth-order valence-electron chi connectivity index (χ4n) is 2.98. The molecule has 0 radical (unpaired) electrons. The third kappa shape index (κ3) is 3.74. The maximum Gasteiger partial charge on any atom is 0.129 e. The summed E-state index contributed by atoms with van der Waals surface area (Å²) in [6, 6.07) is 9.90. The zero-order valence-electron chi connectivity index (χ0n) is 15.3. The van der Waals surface area contributed by atoms with Crippen molar-refractivity contribution in [3.05, 3.63) is 72.7 Å². The van der Waals surface area contributed by atoms with Crippen LogP contribution in [0.3, 0.4) is 0 Å². The summed E-state index contributed by atoms with van der Waals surface area (Å²) in [7, 11) is 0. The minimum atomic E-state index is 0.232. The Morgan fingerprint density at radius 1 is 1.00 bits per heavy atom. The fourth-order valence-corrected chi connectivity index (χ4v) is 2.98. The minimum Gasteiger partial charge on any atom is -0.369 e. The summed E-state index contributed by atoms with van der Waals surface area (Å²) in [6.07, 6.45) is 8.96. The Bertz CT molecular complexity index is 1060. The van der Waals surface area contributed by atoms with Gasteiger partial charge in [0.05, 0.1) is 11.2 Å². The number of fused-ring (bicyclic) bond motifs is 1. The standard InChI is InChI=1S/C21H20N6/c1-14(18-12-22-10-17-4-3-7-23-21(17)18)9-25-20-8-19(26-13-27-20)16-6-5-15(2)24-11-16/h3-8,10-14H,9H2,1-2H3,(H,25,26,27). The van der Waals surface area contributed by atoms with Gasteiger partial charge in [0.2, 0.25) is 0 Å². The Morgan fingerprint density at radius 2 is 1.93 bits per heavy atom. The highest BCUT2D eigenvalue weighted by Crippen LogP contribution is 2.23. The van der Waals surface area contributed by atoms with E-state index >= 15 is 0 Å². The number of anilines is 1. The molecule has 0 bridgehead atoms. The molecule has 0 aromatic carbocycles. The molecule has 4 rings (SSSR count). The van der Waals surface area contributed by atoms with Crippen LogP contribution in [-0.4, -0.2) is 31.5 Å². The van der Waals surface area contributed by atoms with Gasteiger partial charge < -0.3 is 5.32 Å². The lowest BCUT2D eigenvalue weighted by atomic mass is 10.0. The van der Waals surface area contributed by atoms with E-state index in [1.54, 1.807) is 6.33 Å². The van der Waals surface area contributed by atoms with Crippen LogP contribution in [0.25, 0.3) is 22.2 Å². The summed E-state index contributed by atoms with van der Waals surface area (Å²) in [5, 5.41) is 4.46. The van der Waals surface area contributed by atoms with Crippen molar-refractivity contribution in [3.8, 4) is 11.3 Å². The molecule has 0 aliphatic carbocycles. The Hall–Kier alpha value is -3.41. The number of pyridine rings is 3. The summed E-state index contributed by atoms with van der Waals surface area (Å²) in [4.78, 5) is 21.9. The predicted octanol–water partition coefficient (Wildman–Crippen LogP) is 4.01. The van der Waals surface area contributed by atoms with E-state index in [4.69, 9.17) is 0 Å². The average Bonchev–Trinajstić information content (AvgIpc) is 2.72. The summed E-state index contributed by atoms with van der Waals surface area (Å²) >= 11 is 0. The molecule has 1 atom stereocenters.